The highest BCUT2D eigenvalue weighted by atomic mass is 16.2. The minimum Gasteiger partial charge on any atom is -0.344 e. The number of aryl methyl sites for hydroxylation is 1. The molecule has 1 aromatic heterocycles. The molecule has 41 heavy (non-hydrogen) atoms. The zero-order valence-electron chi connectivity index (χ0n) is 24.4. The van der Waals surface area contributed by atoms with Crippen LogP contribution in [0.4, 0.5) is 5.69 Å². The van der Waals surface area contributed by atoms with Crippen LogP contribution in [0.15, 0.2) is 36.5 Å². The number of likely N-dealkylation sites (N-methyl/N-ethyl adjacent to an activating group) is 1. The summed E-state index contributed by atoms with van der Waals surface area (Å²) in [7, 11) is 3.73. The van der Waals surface area contributed by atoms with E-state index in [1.807, 2.05) is 24.1 Å². The summed E-state index contributed by atoms with van der Waals surface area (Å²) in [6.07, 6.45) is 7.19. The Balaban J connectivity index is 1.42. The van der Waals surface area contributed by atoms with E-state index in [2.05, 4.69) is 25.9 Å². The minimum absolute atomic E-state index is 0.0590. The van der Waals surface area contributed by atoms with E-state index < -0.39 is 12.1 Å². The van der Waals surface area contributed by atoms with Gasteiger partial charge in [0.2, 0.25) is 17.7 Å². The van der Waals surface area contributed by atoms with Gasteiger partial charge in [-0.15, -0.1) is 0 Å². The number of aromatic nitrogens is 2. The van der Waals surface area contributed by atoms with Crippen LogP contribution in [0.2, 0.25) is 0 Å². The second-order valence-corrected chi connectivity index (χ2v) is 11.2. The summed E-state index contributed by atoms with van der Waals surface area (Å²) >= 11 is 0. The maximum absolute atomic E-state index is 13.5. The van der Waals surface area contributed by atoms with Gasteiger partial charge in [0.15, 0.2) is 0 Å². The molecule has 4 amide bonds. The lowest BCUT2D eigenvalue weighted by Gasteiger charge is -2.34. The molecule has 2 aliphatic rings. The maximum Gasteiger partial charge on any atom is 0.270 e. The van der Waals surface area contributed by atoms with E-state index in [4.69, 9.17) is 0 Å². The molecule has 0 bridgehead atoms. The second-order valence-electron chi connectivity index (χ2n) is 11.2. The number of anilines is 1. The van der Waals surface area contributed by atoms with Crippen LogP contribution in [0.3, 0.4) is 0 Å². The molecule has 1 unspecified atom stereocenters. The summed E-state index contributed by atoms with van der Waals surface area (Å²) in [4.78, 5) is 55.9. The largest absolute Gasteiger partial charge is 0.344 e. The van der Waals surface area contributed by atoms with Crippen molar-refractivity contribution in [2.75, 3.05) is 38.5 Å². The van der Waals surface area contributed by atoms with Crippen molar-refractivity contribution in [3.8, 4) is 0 Å². The number of hydrogen-bond donors (Lipinski definition) is 3. The van der Waals surface area contributed by atoms with Gasteiger partial charge >= 0.3 is 0 Å². The maximum atomic E-state index is 13.5. The third kappa shape index (κ3) is 8.16. The van der Waals surface area contributed by atoms with Crippen LogP contribution in [0.1, 0.15) is 61.5 Å². The number of amides is 4. The number of nitrogens with zero attached hydrogens (tertiary/aromatic N) is 4. The van der Waals surface area contributed by atoms with Crippen LogP contribution in [-0.2, 0) is 27.9 Å². The van der Waals surface area contributed by atoms with Gasteiger partial charge in [-0.1, -0.05) is 38.3 Å². The summed E-state index contributed by atoms with van der Waals surface area (Å²) in [5, 5.41) is 12.9. The van der Waals surface area contributed by atoms with Crippen LogP contribution in [0.5, 0.6) is 0 Å². The molecule has 2 atom stereocenters. The first-order valence-electron chi connectivity index (χ1n) is 14.7. The quantitative estimate of drug-likeness (QED) is 0.404. The summed E-state index contributed by atoms with van der Waals surface area (Å²) in [5.74, 6) is -0.751. The van der Waals surface area contributed by atoms with Crippen LogP contribution >= 0.6 is 0 Å². The third-order valence-corrected chi connectivity index (χ3v) is 8.17. The highest BCUT2D eigenvalue weighted by Crippen LogP contribution is 2.27. The highest BCUT2D eigenvalue weighted by molar-refractivity contribution is 6.00. The van der Waals surface area contributed by atoms with Gasteiger partial charge in [-0.3, -0.25) is 23.9 Å². The van der Waals surface area contributed by atoms with Gasteiger partial charge in [-0.2, -0.15) is 5.10 Å². The number of hydrogen-bond acceptors (Lipinski definition) is 6. The zero-order valence-corrected chi connectivity index (χ0v) is 24.4. The van der Waals surface area contributed by atoms with E-state index >= 15 is 0 Å². The molecule has 11 nitrogen and oxygen atoms in total. The van der Waals surface area contributed by atoms with Crippen molar-refractivity contribution in [1.82, 2.24) is 30.2 Å². The van der Waals surface area contributed by atoms with Crippen LogP contribution in [-0.4, -0.2) is 88.5 Å². The lowest BCUT2D eigenvalue weighted by molar-refractivity contribution is -0.137. The fourth-order valence-corrected chi connectivity index (χ4v) is 5.60. The number of carbonyl (C=O) groups is 4. The molecule has 2 heterocycles. The van der Waals surface area contributed by atoms with Gasteiger partial charge in [0.05, 0.1) is 0 Å². The Morgan fingerprint density at radius 1 is 0.927 bits per heavy atom. The lowest BCUT2D eigenvalue weighted by Crippen LogP contribution is -2.54. The second kappa shape index (κ2) is 14.2. The van der Waals surface area contributed by atoms with Gasteiger partial charge in [0, 0.05) is 58.0 Å². The van der Waals surface area contributed by atoms with E-state index in [0.717, 1.165) is 50.8 Å². The van der Waals surface area contributed by atoms with Gasteiger partial charge in [-0.25, -0.2) is 0 Å². The molecule has 2 aromatic rings. The van der Waals surface area contributed by atoms with Crippen molar-refractivity contribution in [3.63, 3.8) is 0 Å². The van der Waals surface area contributed by atoms with Crippen LogP contribution < -0.4 is 16.0 Å². The van der Waals surface area contributed by atoms with Crippen molar-refractivity contribution in [3.05, 3.63) is 47.8 Å². The van der Waals surface area contributed by atoms with Gasteiger partial charge in [0.25, 0.3) is 5.91 Å². The predicted octanol–water partition coefficient (Wildman–Crippen LogP) is 1.95. The Morgan fingerprint density at radius 2 is 1.61 bits per heavy atom. The van der Waals surface area contributed by atoms with Crippen molar-refractivity contribution in [2.45, 2.75) is 64.0 Å². The Labute approximate surface area is 242 Å². The molecule has 0 radical (unpaired) electrons. The van der Waals surface area contributed by atoms with E-state index in [9.17, 15) is 19.2 Å². The number of piperazine rings is 1. The van der Waals surface area contributed by atoms with E-state index in [-0.39, 0.29) is 29.5 Å². The molecule has 222 valence electrons. The summed E-state index contributed by atoms with van der Waals surface area (Å²) in [6.45, 7) is 4.65. The molecular weight excluding hydrogens is 522 g/mol. The smallest absolute Gasteiger partial charge is 0.270 e. The molecular formula is C30H43N7O4. The molecule has 1 aliphatic carbocycles. The lowest BCUT2D eigenvalue weighted by atomic mass is 9.83. The molecule has 1 aliphatic heterocycles. The van der Waals surface area contributed by atoms with Crippen LogP contribution in [0.25, 0.3) is 0 Å². The summed E-state index contributed by atoms with van der Waals surface area (Å²) in [5.41, 5.74) is 1.88. The SMILES string of the molecule is CCC(=O)NC(Cc1ccc(NC(=O)[C@@H](NC(=O)c2ccnn2C)C2CCCCC2)cc1)C(=O)N1CCN(C)CC1. The predicted molar refractivity (Wildman–Crippen MR) is 156 cm³/mol. The first-order chi connectivity index (χ1) is 19.7. The third-order valence-electron chi connectivity index (χ3n) is 8.17. The van der Waals surface area contributed by atoms with Gasteiger partial charge < -0.3 is 25.8 Å². The topological polar surface area (TPSA) is 129 Å². The fourth-order valence-electron chi connectivity index (χ4n) is 5.60. The molecule has 4 rings (SSSR count). The van der Waals surface area contributed by atoms with Crippen molar-refractivity contribution >= 4 is 29.3 Å². The Bertz CT molecular complexity index is 1200. The highest BCUT2D eigenvalue weighted by Gasteiger charge is 2.32. The first kappa shape index (κ1) is 30.2. The number of benzene rings is 1. The van der Waals surface area contributed by atoms with Crippen molar-refractivity contribution < 1.29 is 19.2 Å². The minimum atomic E-state index is -0.660. The Morgan fingerprint density at radius 3 is 2.22 bits per heavy atom. The van der Waals surface area contributed by atoms with Gasteiger partial charge in [0.1, 0.15) is 17.8 Å². The first-order valence-corrected chi connectivity index (χ1v) is 14.7. The monoisotopic (exact) mass is 565 g/mol. The fraction of sp³-hybridized carbons (Fsp3) is 0.567. The molecule has 0 spiro atoms. The summed E-state index contributed by atoms with van der Waals surface area (Å²) in [6, 6.07) is 7.65. The molecule has 3 N–H and O–H groups in total. The van der Waals surface area contributed by atoms with Gasteiger partial charge in [-0.05, 0) is 49.6 Å². The van der Waals surface area contributed by atoms with E-state index in [0.29, 0.717) is 37.3 Å². The number of nitrogens with one attached hydrogen (secondary N) is 3. The molecule has 1 saturated heterocycles. The molecule has 1 saturated carbocycles. The summed E-state index contributed by atoms with van der Waals surface area (Å²) < 4.78 is 1.49. The van der Waals surface area contributed by atoms with Crippen molar-refractivity contribution in [2.24, 2.45) is 13.0 Å². The molecule has 2 fully saturated rings. The Hall–Kier alpha value is -3.73. The van der Waals surface area contributed by atoms with E-state index in [1.165, 1.54) is 4.68 Å². The average molecular weight is 566 g/mol. The number of rotatable bonds is 10. The normalized spacial score (nSPS) is 17.9. The number of carbonyl (C=O) groups excluding carboxylic acids is 4. The molecule has 1 aromatic carbocycles. The average Bonchev–Trinajstić information content (AvgIpc) is 3.42. The van der Waals surface area contributed by atoms with Crippen molar-refractivity contribution in [1.29, 1.82) is 0 Å². The van der Waals surface area contributed by atoms with Crippen LogP contribution in [0, 0.1) is 5.92 Å². The standard InChI is InChI=1S/C30H43N7O4/c1-4-26(38)33-24(30(41)37-18-16-35(2)17-19-37)20-21-10-12-23(13-11-21)32-29(40)27(22-8-6-5-7-9-22)34-28(39)25-14-15-31-36(25)3/h10-15,22,24,27H,4-9,16-20H2,1-3H3,(H,32,40)(H,33,38)(H,34,39)/t24?,27-/m0/s1. The van der Waals surface area contributed by atoms with E-state index in [1.54, 1.807) is 38.4 Å². The molecule has 11 heteroatoms. The Kier molecular flexibility index (Phi) is 10.5. The zero-order chi connectivity index (χ0) is 29.4.